The second-order valence-electron chi connectivity index (χ2n) is 7.01. The van der Waals surface area contributed by atoms with Gasteiger partial charge in [-0.25, -0.2) is 0 Å². The molecule has 0 saturated carbocycles. The van der Waals surface area contributed by atoms with Gasteiger partial charge in [-0.15, -0.1) is 0 Å². The molecule has 3 rings (SSSR count). The number of aromatic amines is 1. The maximum atomic E-state index is 5.69. The Bertz CT molecular complexity index is 725. The van der Waals surface area contributed by atoms with Crippen LogP contribution in [0, 0.1) is 13.8 Å². The van der Waals surface area contributed by atoms with Crippen LogP contribution in [-0.2, 0) is 0 Å². The first-order valence-corrected chi connectivity index (χ1v) is 9.17. The molecule has 1 aliphatic rings. The number of aromatic nitrogens is 2. The topological polar surface area (TPSA) is 47.2 Å². The van der Waals surface area contributed by atoms with E-state index in [2.05, 4.69) is 65.2 Å². The molecule has 0 bridgehead atoms. The Morgan fingerprint density at radius 2 is 2.08 bits per heavy atom. The molecule has 1 aliphatic heterocycles. The maximum Gasteiger partial charge on any atom is 0.170 e. The maximum absolute atomic E-state index is 5.69. The number of thiocarbonyl (C=S) groups is 1. The number of nitrogens with one attached hydrogen (secondary N) is 2. The lowest BCUT2D eigenvalue weighted by Crippen LogP contribution is -2.32. The lowest BCUT2D eigenvalue weighted by molar-refractivity contribution is 0.292. The van der Waals surface area contributed by atoms with Crippen LogP contribution in [0.2, 0.25) is 0 Å². The Hall–Kier alpha value is -1.92. The zero-order chi connectivity index (χ0) is 18.0. The van der Waals surface area contributed by atoms with E-state index in [1.54, 1.807) is 0 Å². The van der Waals surface area contributed by atoms with Crippen LogP contribution >= 0.6 is 12.2 Å². The molecule has 2 aromatic rings. The summed E-state index contributed by atoms with van der Waals surface area (Å²) in [4.78, 5) is 12.6. The molecule has 25 heavy (non-hydrogen) atoms. The van der Waals surface area contributed by atoms with Gasteiger partial charge in [-0.3, -0.25) is 4.98 Å². The average Bonchev–Trinajstić information content (AvgIpc) is 3.07. The average molecular weight is 358 g/mol. The number of rotatable bonds is 6. The number of hydrogen-bond acceptors (Lipinski definition) is 3. The third-order valence-corrected chi connectivity index (χ3v) is 5.06. The van der Waals surface area contributed by atoms with Gasteiger partial charge in [-0.05, 0) is 76.9 Å². The lowest BCUT2D eigenvalue weighted by Gasteiger charge is -2.28. The highest BCUT2D eigenvalue weighted by atomic mass is 32.1. The molecule has 134 valence electrons. The van der Waals surface area contributed by atoms with Crippen LogP contribution in [0.3, 0.4) is 0 Å². The minimum absolute atomic E-state index is 0.0713. The molecule has 3 heterocycles. The van der Waals surface area contributed by atoms with Crippen LogP contribution in [0.5, 0.6) is 0 Å². The Labute approximate surface area is 155 Å². The lowest BCUT2D eigenvalue weighted by atomic mass is 9.96. The number of pyridine rings is 1. The van der Waals surface area contributed by atoms with Crippen LogP contribution in [-0.4, -0.2) is 52.1 Å². The van der Waals surface area contributed by atoms with E-state index in [4.69, 9.17) is 12.2 Å². The van der Waals surface area contributed by atoms with Crippen molar-refractivity contribution < 1.29 is 0 Å². The van der Waals surface area contributed by atoms with Crippen molar-refractivity contribution in [2.24, 2.45) is 0 Å². The molecule has 2 atom stereocenters. The SMILES string of the molecule is Cc1cc([C@H]2[C@@H](c3ccccn3)NC(=S)N2CCCN(C)C)c(C)[nH]1. The zero-order valence-electron chi connectivity index (χ0n) is 15.4. The zero-order valence-corrected chi connectivity index (χ0v) is 16.2. The van der Waals surface area contributed by atoms with E-state index in [0.717, 1.165) is 30.3 Å². The van der Waals surface area contributed by atoms with Crippen LogP contribution < -0.4 is 5.32 Å². The third-order valence-electron chi connectivity index (χ3n) is 4.71. The third kappa shape index (κ3) is 3.85. The Morgan fingerprint density at radius 1 is 1.28 bits per heavy atom. The summed E-state index contributed by atoms with van der Waals surface area (Å²) in [6.45, 7) is 6.22. The van der Waals surface area contributed by atoms with Crippen LogP contribution in [0.25, 0.3) is 0 Å². The van der Waals surface area contributed by atoms with Crippen molar-refractivity contribution in [3.8, 4) is 0 Å². The smallest absolute Gasteiger partial charge is 0.170 e. The number of aryl methyl sites for hydroxylation is 2. The molecular weight excluding hydrogens is 330 g/mol. The van der Waals surface area contributed by atoms with Crippen molar-refractivity contribution in [3.63, 3.8) is 0 Å². The second kappa shape index (κ2) is 7.54. The molecule has 0 amide bonds. The van der Waals surface area contributed by atoms with Gasteiger partial charge < -0.3 is 20.1 Å². The molecule has 1 fully saturated rings. The van der Waals surface area contributed by atoms with Gasteiger partial charge in [0.05, 0.1) is 17.8 Å². The van der Waals surface area contributed by atoms with Crippen molar-refractivity contribution >= 4 is 17.3 Å². The predicted molar refractivity (Wildman–Crippen MR) is 106 cm³/mol. The van der Waals surface area contributed by atoms with Gasteiger partial charge in [0.15, 0.2) is 5.11 Å². The van der Waals surface area contributed by atoms with Gasteiger partial charge in [0.25, 0.3) is 0 Å². The minimum Gasteiger partial charge on any atom is -0.362 e. The fourth-order valence-corrected chi connectivity index (χ4v) is 3.93. The number of H-pyrrole nitrogens is 1. The summed E-state index contributed by atoms with van der Waals surface area (Å²) in [6.07, 6.45) is 2.92. The van der Waals surface area contributed by atoms with E-state index < -0.39 is 0 Å². The molecular formula is C19H27N5S. The van der Waals surface area contributed by atoms with Crippen LogP contribution in [0.15, 0.2) is 30.5 Å². The van der Waals surface area contributed by atoms with Crippen molar-refractivity contribution in [2.45, 2.75) is 32.4 Å². The highest BCUT2D eigenvalue weighted by Gasteiger charge is 2.40. The molecule has 5 nitrogen and oxygen atoms in total. The van der Waals surface area contributed by atoms with Crippen molar-refractivity contribution in [1.29, 1.82) is 0 Å². The molecule has 0 unspecified atom stereocenters. The summed E-state index contributed by atoms with van der Waals surface area (Å²) in [6, 6.07) is 8.53. The van der Waals surface area contributed by atoms with E-state index in [1.165, 1.54) is 17.0 Å². The first-order valence-electron chi connectivity index (χ1n) is 8.76. The predicted octanol–water partition coefficient (Wildman–Crippen LogP) is 2.95. The first kappa shape index (κ1) is 17.9. The fourth-order valence-electron chi connectivity index (χ4n) is 3.59. The second-order valence-corrected chi connectivity index (χ2v) is 7.40. The summed E-state index contributed by atoms with van der Waals surface area (Å²) in [7, 11) is 4.21. The molecule has 0 spiro atoms. The number of hydrogen-bond donors (Lipinski definition) is 2. The molecule has 0 radical (unpaired) electrons. The fraction of sp³-hybridized carbons (Fsp3) is 0.474. The van der Waals surface area contributed by atoms with Crippen LogP contribution in [0.1, 0.15) is 41.1 Å². The summed E-state index contributed by atoms with van der Waals surface area (Å²) >= 11 is 5.69. The van der Waals surface area contributed by atoms with E-state index in [1.807, 2.05) is 18.3 Å². The standard InChI is InChI=1S/C19H27N5S/c1-13-12-15(14(2)21-13)18-17(16-8-5-6-9-20-16)22-19(25)24(18)11-7-10-23(3)4/h5-6,8-9,12,17-18,21H,7,10-11H2,1-4H3,(H,22,25)/t17-,18+/m1/s1. The largest absolute Gasteiger partial charge is 0.362 e. The van der Waals surface area contributed by atoms with Gasteiger partial charge in [0, 0.05) is 24.1 Å². The molecule has 0 aliphatic carbocycles. The summed E-state index contributed by atoms with van der Waals surface area (Å²) in [5.74, 6) is 0. The molecule has 2 aromatic heterocycles. The summed E-state index contributed by atoms with van der Waals surface area (Å²) < 4.78 is 0. The van der Waals surface area contributed by atoms with Gasteiger partial charge in [0.2, 0.25) is 0 Å². The highest BCUT2D eigenvalue weighted by molar-refractivity contribution is 7.80. The molecule has 6 heteroatoms. The first-order chi connectivity index (χ1) is 12.0. The van der Waals surface area contributed by atoms with Gasteiger partial charge in [-0.2, -0.15) is 0 Å². The minimum atomic E-state index is 0.0713. The quantitative estimate of drug-likeness (QED) is 0.779. The Kier molecular flexibility index (Phi) is 5.39. The van der Waals surface area contributed by atoms with E-state index in [9.17, 15) is 0 Å². The van der Waals surface area contributed by atoms with E-state index in [-0.39, 0.29) is 12.1 Å². The number of nitrogens with zero attached hydrogens (tertiary/aromatic N) is 3. The Balaban J connectivity index is 1.93. The summed E-state index contributed by atoms with van der Waals surface area (Å²) in [5, 5.41) is 4.33. The van der Waals surface area contributed by atoms with Gasteiger partial charge >= 0.3 is 0 Å². The van der Waals surface area contributed by atoms with Crippen LogP contribution in [0.4, 0.5) is 0 Å². The van der Waals surface area contributed by atoms with Crippen molar-refractivity contribution in [1.82, 2.24) is 25.1 Å². The highest BCUT2D eigenvalue weighted by Crippen LogP contribution is 2.40. The Morgan fingerprint density at radius 3 is 2.68 bits per heavy atom. The van der Waals surface area contributed by atoms with Gasteiger partial charge in [0.1, 0.15) is 0 Å². The van der Waals surface area contributed by atoms with Crippen molar-refractivity contribution in [3.05, 3.63) is 53.1 Å². The van der Waals surface area contributed by atoms with Gasteiger partial charge in [-0.1, -0.05) is 6.07 Å². The normalized spacial score (nSPS) is 20.4. The molecule has 1 saturated heterocycles. The molecule has 2 N–H and O–H groups in total. The monoisotopic (exact) mass is 357 g/mol. The molecule has 0 aromatic carbocycles. The van der Waals surface area contributed by atoms with E-state index in [0.29, 0.717) is 0 Å². The van der Waals surface area contributed by atoms with Crippen molar-refractivity contribution in [2.75, 3.05) is 27.2 Å². The summed E-state index contributed by atoms with van der Waals surface area (Å²) in [5.41, 5.74) is 4.71. The van der Waals surface area contributed by atoms with E-state index >= 15 is 0 Å².